The molecular weight excluding hydrogens is 278 g/mol. The fourth-order valence-electron chi connectivity index (χ4n) is 1.72. The molecule has 0 aliphatic carbocycles. The van der Waals surface area contributed by atoms with Gasteiger partial charge in [0.2, 0.25) is 0 Å². The lowest BCUT2D eigenvalue weighted by atomic mass is 10.1. The Morgan fingerprint density at radius 1 is 1.16 bits per heavy atom. The van der Waals surface area contributed by atoms with Gasteiger partial charge in [-0.25, -0.2) is 4.79 Å². The van der Waals surface area contributed by atoms with Crippen molar-refractivity contribution in [1.29, 1.82) is 0 Å². The number of carbonyl (C=O) groups excluding carboxylic acids is 1. The molecule has 0 bridgehead atoms. The zero-order valence-electron chi connectivity index (χ0n) is 10.5. The van der Waals surface area contributed by atoms with Gasteiger partial charge in [0.05, 0.1) is 5.57 Å². The van der Waals surface area contributed by atoms with Gasteiger partial charge >= 0.3 is 0 Å². The zero-order valence-corrected chi connectivity index (χ0v) is 12.1. The Balaban J connectivity index is 0.00000180. The number of hydrogen-bond acceptors (Lipinski definition) is 3. The average molecular weight is 294 g/mol. The molecule has 19 heavy (non-hydrogen) atoms. The number of rotatable bonds is 6. The van der Waals surface area contributed by atoms with Gasteiger partial charge < -0.3 is 5.32 Å². The number of nitrogens with one attached hydrogen (secondary N) is 1. The second-order valence-electron chi connectivity index (χ2n) is 3.97. The quantitative estimate of drug-likeness (QED) is 0.652. The van der Waals surface area contributed by atoms with Gasteiger partial charge in [0.1, 0.15) is 5.94 Å². The molecule has 1 aromatic carbocycles. The molecule has 0 unspecified atom stereocenters. The fraction of sp³-hybridized carbons (Fsp3) is 0.200. The van der Waals surface area contributed by atoms with E-state index in [1.54, 1.807) is 11.3 Å². The third-order valence-corrected chi connectivity index (χ3v) is 3.60. The van der Waals surface area contributed by atoms with Crippen molar-refractivity contribution in [3.63, 3.8) is 0 Å². The van der Waals surface area contributed by atoms with Gasteiger partial charge in [-0.15, -0.1) is 23.7 Å². The van der Waals surface area contributed by atoms with Crippen LogP contribution in [0.3, 0.4) is 0 Å². The Bertz CT molecular complexity index is 518. The lowest BCUT2D eigenvalue weighted by molar-refractivity contribution is 0.568. The van der Waals surface area contributed by atoms with E-state index in [4.69, 9.17) is 0 Å². The minimum Gasteiger partial charge on any atom is -0.312 e. The summed E-state index contributed by atoms with van der Waals surface area (Å²) in [6.45, 7) is 1.62. The number of halogens is 1. The van der Waals surface area contributed by atoms with Crippen LogP contribution < -0.4 is 5.32 Å². The normalized spacial score (nSPS) is 9.47. The molecule has 0 aliphatic heterocycles. The highest BCUT2D eigenvalue weighted by Gasteiger charge is 2.03. The molecule has 2 nitrogen and oxygen atoms in total. The summed E-state index contributed by atoms with van der Waals surface area (Å²) in [7, 11) is 0. The van der Waals surface area contributed by atoms with Crippen molar-refractivity contribution >= 4 is 35.3 Å². The predicted molar refractivity (Wildman–Crippen MR) is 83.4 cm³/mol. The fourth-order valence-corrected chi connectivity index (χ4v) is 2.46. The van der Waals surface area contributed by atoms with Gasteiger partial charge in [-0.1, -0.05) is 36.4 Å². The maximum absolute atomic E-state index is 10.9. The second-order valence-corrected chi connectivity index (χ2v) is 4.92. The number of hydrogen-bond donors (Lipinski definition) is 1. The third-order valence-electron chi connectivity index (χ3n) is 2.67. The summed E-state index contributed by atoms with van der Waals surface area (Å²) < 4.78 is 0. The summed E-state index contributed by atoms with van der Waals surface area (Å²) in [6.07, 6.45) is 0.719. The van der Waals surface area contributed by atoms with E-state index < -0.39 is 0 Å². The molecule has 0 spiro atoms. The van der Waals surface area contributed by atoms with Crippen LogP contribution in [0.4, 0.5) is 0 Å². The standard InChI is InChI=1S/C15H15NOS.ClH/c17-12-14(15-7-4-10-18-15)8-9-16-11-13-5-2-1-3-6-13;/h1-7,10,16H,8-9,11H2;1H. The summed E-state index contributed by atoms with van der Waals surface area (Å²) in [6, 6.07) is 14.1. The maximum atomic E-state index is 10.9. The molecule has 0 saturated carbocycles. The Labute approximate surface area is 123 Å². The van der Waals surface area contributed by atoms with Crippen molar-refractivity contribution in [2.45, 2.75) is 13.0 Å². The topological polar surface area (TPSA) is 29.1 Å². The molecular formula is C15H16ClNOS. The predicted octanol–water partition coefficient (Wildman–Crippen LogP) is 3.56. The summed E-state index contributed by atoms with van der Waals surface area (Å²) >= 11 is 1.58. The van der Waals surface area contributed by atoms with E-state index in [2.05, 4.69) is 17.4 Å². The average Bonchev–Trinajstić information content (AvgIpc) is 2.94. The van der Waals surface area contributed by atoms with Crippen molar-refractivity contribution in [2.75, 3.05) is 6.54 Å². The minimum atomic E-state index is 0. The molecule has 1 N–H and O–H groups in total. The van der Waals surface area contributed by atoms with E-state index in [-0.39, 0.29) is 12.4 Å². The van der Waals surface area contributed by atoms with Crippen LogP contribution in [-0.2, 0) is 11.3 Å². The van der Waals surface area contributed by atoms with Crippen LogP contribution in [0.1, 0.15) is 16.9 Å². The minimum absolute atomic E-state index is 0. The Hall–Kier alpha value is -1.38. The lowest BCUT2D eigenvalue weighted by Crippen LogP contribution is -2.14. The van der Waals surface area contributed by atoms with E-state index in [0.717, 1.165) is 30.0 Å². The zero-order chi connectivity index (χ0) is 12.6. The highest BCUT2D eigenvalue weighted by Crippen LogP contribution is 2.20. The van der Waals surface area contributed by atoms with Gasteiger partial charge in [0.15, 0.2) is 0 Å². The molecule has 0 fully saturated rings. The van der Waals surface area contributed by atoms with E-state index in [0.29, 0.717) is 0 Å². The first kappa shape index (κ1) is 15.7. The van der Waals surface area contributed by atoms with Crippen molar-refractivity contribution in [3.8, 4) is 0 Å². The van der Waals surface area contributed by atoms with Crippen LogP contribution in [0.5, 0.6) is 0 Å². The summed E-state index contributed by atoms with van der Waals surface area (Å²) in [4.78, 5) is 11.9. The van der Waals surface area contributed by atoms with Gasteiger partial charge in [-0.2, -0.15) is 0 Å². The first-order valence-electron chi connectivity index (χ1n) is 5.92. The molecule has 2 rings (SSSR count). The molecule has 1 heterocycles. The van der Waals surface area contributed by atoms with Crippen molar-refractivity contribution in [3.05, 3.63) is 58.3 Å². The van der Waals surface area contributed by atoms with Crippen molar-refractivity contribution in [2.24, 2.45) is 0 Å². The molecule has 0 amide bonds. The first-order valence-corrected chi connectivity index (χ1v) is 6.80. The molecule has 100 valence electrons. The monoisotopic (exact) mass is 293 g/mol. The molecule has 0 radical (unpaired) electrons. The first-order chi connectivity index (χ1) is 8.90. The van der Waals surface area contributed by atoms with E-state index >= 15 is 0 Å². The van der Waals surface area contributed by atoms with E-state index in [9.17, 15) is 4.79 Å². The summed E-state index contributed by atoms with van der Waals surface area (Å²) in [5.74, 6) is 2.04. The lowest BCUT2D eigenvalue weighted by Gasteiger charge is -2.04. The molecule has 4 heteroatoms. The Kier molecular flexibility index (Phi) is 7.16. The van der Waals surface area contributed by atoms with Crippen LogP contribution in [0.25, 0.3) is 5.57 Å². The van der Waals surface area contributed by atoms with Crippen molar-refractivity contribution < 1.29 is 4.79 Å². The van der Waals surface area contributed by atoms with Gasteiger partial charge in [0.25, 0.3) is 0 Å². The maximum Gasteiger partial charge on any atom is 0.129 e. The molecule has 1 aromatic heterocycles. The molecule has 2 aromatic rings. The van der Waals surface area contributed by atoms with Crippen LogP contribution in [-0.4, -0.2) is 12.5 Å². The van der Waals surface area contributed by atoms with Gasteiger partial charge in [-0.3, -0.25) is 0 Å². The Morgan fingerprint density at radius 3 is 2.58 bits per heavy atom. The van der Waals surface area contributed by atoms with E-state index in [1.807, 2.05) is 41.7 Å². The molecule has 0 atom stereocenters. The number of thiophene rings is 1. The molecule has 0 saturated heterocycles. The van der Waals surface area contributed by atoms with E-state index in [1.165, 1.54) is 5.56 Å². The van der Waals surface area contributed by atoms with Crippen LogP contribution in [0, 0.1) is 0 Å². The highest BCUT2D eigenvalue weighted by molar-refractivity contribution is 7.11. The third kappa shape index (κ3) is 5.01. The van der Waals surface area contributed by atoms with Crippen molar-refractivity contribution in [1.82, 2.24) is 5.32 Å². The Morgan fingerprint density at radius 2 is 1.95 bits per heavy atom. The van der Waals surface area contributed by atoms with Crippen LogP contribution in [0.2, 0.25) is 0 Å². The van der Waals surface area contributed by atoms with Gasteiger partial charge in [0, 0.05) is 18.0 Å². The second kappa shape index (κ2) is 8.68. The SMILES string of the molecule is Cl.O=C=C(CCNCc1ccccc1)c1cccs1. The summed E-state index contributed by atoms with van der Waals surface area (Å²) in [5.41, 5.74) is 2.01. The van der Waals surface area contributed by atoms with Gasteiger partial charge in [-0.05, 0) is 23.4 Å². The molecule has 0 aliphatic rings. The number of benzene rings is 1. The largest absolute Gasteiger partial charge is 0.312 e. The van der Waals surface area contributed by atoms with Crippen LogP contribution >= 0.6 is 23.7 Å². The highest BCUT2D eigenvalue weighted by atomic mass is 35.5. The smallest absolute Gasteiger partial charge is 0.129 e. The van der Waals surface area contributed by atoms with Crippen LogP contribution in [0.15, 0.2) is 47.8 Å². The summed E-state index contributed by atoms with van der Waals surface area (Å²) in [5, 5.41) is 5.31.